The fourth-order valence-electron chi connectivity index (χ4n) is 6.29. The zero-order valence-electron chi connectivity index (χ0n) is 23.5. The molecule has 0 aromatic heterocycles. The summed E-state index contributed by atoms with van der Waals surface area (Å²) in [6.45, 7) is 3.50. The number of likely N-dealkylation sites (N-methyl/N-ethyl adjacent to an activating group) is 1. The predicted octanol–water partition coefficient (Wildman–Crippen LogP) is 7.36. The Morgan fingerprint density at radius 3 is 2.26 bits per heavy atom. The number of anilines is 1. The van der Waals surface area contributed by atoms with Crippen LogP contribution in [0.5, 0.6) is 0 Å². The van der Waals surface area contributed by atoms with Crippen molar-refractivity contribution in [3.8, 4) is 0 Å². The third kappa shape index (κ3) is 6.72. The van der Waals surface area contributed by atoms with Crippen LogP contribution in [0.15, 0.2) is 60.7 Å². The van der Waals surface area contributed by atoms with Crippen LogP contribution < -0.4 is 4.31 Å². The average molecular weight is 670 g/mol. The molecule has 0 aliphatic carbocycles. The molecule has 2 aliphatic heterocycles. The minimum absolute atomic E-state index is 0.00666. The smallest absolute Gasteiger partial charge is 0.253 e. The number of rotatable bonds is 8. The Bertz CT molecular complexity index is 1570. The van der Waals surface area contributed by atoms with Gasteiger partial charge >= 0.3 is 0 Å². The van der Waals surface area contributed by atoms with Gasteiger partial charge in [0.25, 0.3) is 5.91 Å². The van der Waals surface area contributed by atoms with Crippen LogP contribution in [0.3, 0.4) is 0 Å². The zero-order valence-corrected chi connectivity index (χ0v) is 27.3. The summed E-state index contributed by atoms with van der Waals surface area (Å²) in [6, 6.07) is 18.4. The lowest BCUT2D eigenvalue weighted by atomic mass is 9.74. The van der Waals surface area contributed by atoms with Crippen molar-refractivity contribution in [3.05, 3.63) is 97.4 Å². The van der Waals surface area contributed by atoms with Gasteiger partial charge in [-0.2, -0.15) is 0 Å². The van der Waals surface area contributed by atoms with Gasteiger partial charge < -0.3 is 9.80 Å². The second-order valence-corrected chi connectivity index (χ2v) is 15.0. The highest BCUT2D eigenvalue weighted by Crippen LogP contribution is 2.48. The van der Waals surface area contributed by atoms with E-state index >= 15 is 0 Å². The van der Waals surface area contributed by atoms with Gasteiger partial charge in [-0.15, -0.1) is 0 Å². The summed E-state index contributed by atoms with van der Waals surface area (Å²) in [5.74, 6) is -0.160. The van der Waals surface area contributed by atoms with Gasteiger partial charge in [0.05, 0.1) is 22.0 Å². The maximum atomic E-state index is 13.3. The number of hydrogen-bond acceptors (Lipinski definition) is 4. The standard InChI is InChI=1S/C31H33Cl4N3O3S/c1-36(30(39)23-15-24(32)18-25(33)16-23)19-22(21-7-8-27(34)28(35)17-21)9-12-37-13-10-31(11-14-37)20-38(42(2,40)41)29-6-4-3-5-26(29)31/h3-8,15-18,22H,9-14,19-20H2,1-2H3/t22-/m1/s1. The summed E-state index contributed by atoms with van der Waals surface area (Å²) in [7, 11) is -1.58. The lowest BCUT2D eigenvalue weighted by Gasteiger charge is -2.40. The van der Waals surface area contributed by atoms with Gasteiger partial charge in [-0.1, -0.05) is 70.7 Å². The van der Waals surface area contributed by atoms with E-state index in [0.717, 1.165) is 55.7 Å². The molecule has 0 bridgehead atoms. The topological polar surface area (TPSA) is 60.9 Å². The molecule has 11 heteroatoms. The van der Waals surface area contributed by atoms with Crippen LogP contribution in [0.2, 0.25) is 20.1 Å². The van der Waals surface area contributed by atoms with Crippen molar-refractivity contribution >= 4 is 68.0 Å². The molecule has 1 amide bonds. The van der Waals surface area contributed by atoms with Gasteiger partial charge in [0.15, 0.2) is 0 Å². The van der Waals surface area contributed by atoms with Gasteiger partial charge in [0.2, 0.25) is 10.0 Å². The van der Waals surface area contributed by atoms with Crippen LogP contribution in [0.4, 0.5) is 5.69 Å². The number of sulfonamides is 1. The van der Waals surface area contributed by atoms with Gasteiger partial charge in [0.1, 0.15) is 0 Å². The molecule has 5 rings (SSSR count). The minimum Gasteiger partial charge on any atom is -0.341 e. The fraction of sp³-hybridized carbons (Fsp3) is 0.387. The van der Waals surface area contributed by atoms with E-state index in [1.165, 1.54) is 6.26 Å². The summed E-state index contributed by atoms with van der Waals surface area (Å²) >= 11 is 24.9. The molecule has 3 aromatic carbocycles. The van der Waals surface area contributed by atoms with E-state index in [9.17, 15) is 13.2 Å². The predicted molar refractivity (Wildman–Crippen MR) is 173 cm³/mol. The molecule has 0 unspecified atom stereocenters. The van der Waals surface area contributed by atoms with Crippen LogP contribution in [0.1, 0.15) is 46.7 Å². The number of nitrogens with zero attached hydrogens (tertiary/aromatic N) is 3. The lowest BCUT2D eigenvalue weighted by molar-refractivity contribution is 0.0780. The van der Waals surface area contributed by atoms with Crippen molar-refractivity contribution in [1.29, 1.82) is 0 Å². The number of carbonyl (C=O) groups is 1. The second kappa shape index (κ2) is 12.5. The summed E-state index contributed by atoms with van der Waals surface area (Å²) in [5, 5.41) is 1.78. The molecule has 3 aromatic rings. The molecule has 0 saturated carbocycles. The number of benzene rings is 3. The maximum absolute atomic E-state index is 13.3. The first-order valence-electron chi connectivity index (χ1n) is 13.8. The molecule has 2 aliphatic rings. The molecule has 1 atom stereocenters. The van der Waals surface area contributed by atoms with Gasteiger partial charge in [-0.05, 0) is 86.4 Å². The van der Waals surface area contributed by atoms with Gasteiger partial charge in [-0.3, -0.25) is 9.10 Å². The quantitative estimate of drug-likeness (QED) is 0.252. The fourth-order valence-corrected chi connectivity index (χ4v) is 8.12. The largest absolute Gasteiger partial charge is 0.341 e. The molecular weight excluding hydrogens is 636 g/mol. The number of piperidine rings is 1. The van der Waals surface area contributed by atoms with Crippen molar-refractivity contribution < 1.29 is 13.2 Å². The first kappa shape index (κ1) is 31.4. The highest BCUT2D eigenvalue weighted by Gasteiger charge is 2.46. The Kier molecular flexibility index (Phi) is 9.39. The normalized spacial score (nSPS) is 17.3. The number of hydrogen-bond donors (Lipinski definition) is 0. The maximum Gasteiger partial charge on any atom is 0.253 e. The molecule has 1 fully saturated rings. The number of para-hydroxylation sites is 1. The van der Waals surface area contributed by atoms with Crippen molar-refractivity contribution in [1.82, 2.24) is 9.80 Å². The van der Waals surface area contributed by atoms with E-state index in [2.05, 4.69) is 11.0 Å². The Morgan fingerprint density at radius 1 is 0.952 bits per heavy atom. The number of amides is 1. The molecular formula is C31H33Cl4N3O3S. The minimum atomic E-state index is -3.35. The highest BCUT2D eigenvalue weighted by atomic mass is 35.5. The first-order valence-corrected chi connectivity index (χ1v) is 17.2. The summed E-state index contributed by atoms with van der Waals surface area (Å²) in [6.07, 6.45) is 3.83. The van der Waals surface area contributed by atoms with E-state index < -0.39 is 10.0 Å². The molecule has 1 saturated heterocycles. The lowest BCUT2D eigenvalue weighted by Crippen LogP contribution is -2.46. The van der Waals surface area contributed by atoms with E-state index in [4.69, 9.17) is 46.4 Å². The third-order valence-electron chi connectivity index (χ3n) is 8.56. The van der Waals surface area contributed by atoms with Crippen LogP contribution in [-0.2, 0) is 15.4 Å². The SMILES string of the molecule is CN(C[C@@H](CCN1CCC2(CC1)CN(S(C)(=O)=O)c1ccccc12)c1ccc(Cl)c(Cl)c1)C(=O)c1cc(Cl)cc(Cl)c1. The molecule has 6 nitrogen and oxygen atoms in total. The average Bonchev–Trinajstić information content (AvgIpc) is 3.27. The van der Waals surface area contributed by atoms with Gasteiger partial charge in [-0.25, -0.2) is 8.42 Å². The molecule has 2 heterocycles. The van der Waals surface area contributed by atoms with Crippen LogP contribution in [-0.4, -0.2) is 70.2 Å². The van der Waals surface area contributed by atoms with Crippen LogP contribution >= 0.6 is 46.4 Å². The van der Waals surface area contributed by atoms with E-state index in [1.54, 1.807) is 40.5 Å². The Morgan fingerprint density at radius 2 is 1.62 bits per heavy atom. The van der Waals surface area contributed by atoms with Crippen molar-refractivity contribution in [3.63, 3.8) is 0 Å². The number of carbonyl (C=O) groups excluding carboxylic acids is 1. The van der Waals surface area contributed by atoms with Gasteiger partial charge in [0, 0.05) is 47.1 Å². The molecule has 42 heavy (non-hydrogen) atoms. The van der Waals surface area contributed by atoms with E-state index in [-0.39, 0.29) is 17.2 Å². The van der Waals surface area contributed by atoms with Crippen molar-refractivity contribution in [2.24, 2.45) is 0 Å². The number of likely N-dealkylation sites (tertiary alicyclic amines) is 1. The summed E-state index contributed by atoms with van der Waals surface area (Å²) in [5.41, 5.74) is 3.20. The zero-order chi connectivity index (χ0) is 30.2. The first-order chi connectivity index (χ1) is 19.9. The van der Waals surface area contributed by atoms with Crippen LogP contribution in [0.25, 0.3) is 0 Å². The third-order valence-corrected chi connectivity index (χ3v) is 10.9. The molecule has 0 N–H and O–H groups in total. The molecule has 224 valence electrons. The Balaban J connectivity index is 1.29. The summed E-state index contributed by atoms with van der Waals surface area (Å²) < 4.78 is 26.7. The highest BCUT2D eigenvalue weighted by molar-refractivity contribution is 7.92. The van der Waals surface area contributed by atoms with Crippen LogP contribution in [0, 0.1) is 0 Å². The van der Waals surface area contributed by atoms with Crippen molar-refractivity contribution in [2.45, 2.75) is 30.6 Å². The molecule has 1 spiro atoms. The van der Waals surface area contributed by atoms with E-state index in [1.807, 2.05) is 30.3 Å². The Hall–Kier alpha value is -2.00. The Labute approximate surface area is 268 Å². The molecule has 0 radical (unpaired) electrons. The second-order valence-electron chi connectivity index (χ2n) is 11.4. The summed E-state index contributed by atoms with van der Waals surface area (Å²) in [4.78, 5) is 17.4. The number of fused-ring (bicyclic) bond motifs is 2. The van der Waals surface area contributed by atoms with Crippen molar-refractivity contribution in [2.75, 3.05) is 50.3 Å². The van der Waals surface area contributed by atoms with E-state index in [0.29, 0.717) is 38.7 Å². The monoisotopic (exact) mass is 667 g/mol. The number of halogens is 4.